The second-order valence-corrected chi connectivity index (χ2v) is 8.72. The number of rotatable bonds is 8. The number of allylic oxidation sites excluding steroid dienone is 1. The average molecular weight is 437 g/mol. The third-order valence-electron chi connectivity index (χ3n) is 5.56. The van der Waals surface area contributed by atoms with Crippen molar-refractivity contribution in [3.8, 4) is 5.75 Å². The van der Waals surface area contributed by atoms with Gasteiger partial charge in [-0.2, -0.15) is 0 Å². The highest BCUT2D eigenvalue weighted by atomic mass is 16.5. The van der Waals surface area contributed by atoms with E-state index in [2.05, 4.69) is 19.2 Å². The molecule has 0 fully saturated rings. The summed E-state index contributed by atoms with van der Waals surface area (Å²) >= 11 is 0. The Bertz CT molecular complexity index is 1000. The number of aliphatic hydroxyl groups is 1. The molecule has 3 rings (SSSR count). The number of hydrogen-bond donors (Lipinski definition) is 2. The number of fused-ring (bicyclic) bond motifs is 1. The molecule has 1 aliphatic heterocycles. The van der Waals surface area contributed by atoms with E-state index in [-0.39, 0.29) is 23.8 Å². The molecule has 1 heterocycles. The molecule has 0 radical (unpaired) electrons. The molecular formula is C26H32N2O4. The van der Waals surface area contributed by atoms with Gasteiger partial charge in [-0.1, -0.05) is 25.1 Å². The SMILES string of the molecule is CCCN(CCO)C(=O)c1ccc(C(=O)/C=C2\NC(C)(C)Cc3ccc(OC)cc32)cc1. The van der Waals surface area contributed by atoms with E-state index >= 15 is 0 Å². The molecule has 1 amide bonds. The summed E-state index contributed by atoms with van der Waals surface area (Å²) in [6.07, 6.45) is 3.27. The molecule has 0 atom stereocenters. The summed E-state index contributed by atoms with van der Waals surface area (Å²) in [6.45, 7) is 6.99. The first-order valence-corrected chi connectivity index (χ1v) is 11.0. The van der Waals surface area contributed by atoms with Crippen molar-refractivity contribution >= 4 is 17.4 Å². The lowest BCUT2D eigenvalue weighted by atomic mass is 9.85. The Hall–Kier alpha value is -3.12. The molecule has 2 aromatic carbocycles. The zero-order valence-electron chi connectivity index (χ0n) is 19.3. The fourth-order valence-electron chi connectivity index (χ4n) is 4.03. The minimum atomic E-state index is -0.181. The fraction of sp³-hybridized carbons (Fsp3) is 0.385. The Morgan fingerprint density at radius 2 is 1.81 bits per heavy atom. The Morgan fingerprint density at radius 1 is 1.12 bits per heavy atom. The summed E-state index contributed by atoms with van der Waals surface area (Å²) in [7, 11) is 1.63. The van der Waals surface area contributed by atoms with Crippen LogP contribution < -0.4 is 10.1 Å². The normalized spacial score (nSPS) is 15.6. The molecule has 0 saturated carbocycles. The lowest BCUT2D eigenvalue weighted by Crippen LogP contribution is -2.43. The standard InChI is InChI=1S/C26H32N2O4/c1-5-12-28(13-14-29)25(31)19-8-6-18(7-9-19)24(30)16-23-22-15-21(32-4)11-10-20(22)17-26(2,3)27-23/h6-11,15-16,27,29H,5,12-14,17H2,1-4H3/b23-16-. The highest BCUT2D eigenvalue weighted by Gasteiger charge is 2.28. The maximum atomic E-state index is 13.0. The molecule has 2 aromatic rings. The number of benzene rings is 2. The van der Waals surface area contributed by atoms with Crippen molar-refractivity contribution in [2.45, 2.75) is 39.2 Å². The summed E-state index contributed by atoms with van der Waals surface area (Å²) in [5, 5.41) is 12.7. The van der Waals surface area contributed by atoms with Gasteiger partial charge >= 0.3 is 0 Å². The van der Waals surface area contributed by atoms with Crippen LogP contribution in [0.1, 0.15) is 59.0 Å². The van der Waals surface area contributed by atoms with Crippen LogP contribution in [0.5, 0.6) is 5.75 Å². The van der Waals surface area contributed by atoms with Gasteiger partial charge in [0, 0.05) is 47.1 Å². The fourth-order valence-corrected chi connectivity index (χ4v) is 4.03. The first kappa shape index (κ1) is 23.5. The summed E-state index contributed by atoms with van der Waals surface area (Å²) in [4.78, 5) is 27.3. The van der Waals surface area contributed by atoms with Crippen molar-refractivity contribution in [2.75, 3.05) is 26.8 Å². The van der Waals surface area contributed by atoms with Crippen molar-refractivity contribution < 1.29 is 19.4 Å². The molecule has 0 aliphatic carbocycles. The molecule has 170 valence electrons. The third kappa shape index (κ3) is 5.37. The number of aliphatic hydroxyl groups excluding tert-OH is 1. The second kappa shape index (κ2) is 10.0. The molecule has 2 N–H and O–H groups in total. The van der Waals surface area contributed by atoms with Gasteiger partial charge < -0.3 is 20.1 Å². The van der Waals surface area contributed by atoms with Gasteiger partial charge in [0.2, 0.25) is 0 Å². The zero-order valence-corrected chi connectivity index (χ0v) is 19.3. The summed E-state index contributed by atoms with van der Waals surface area (Å²) in [6, 6.07) is 12.6. The first-order chi connectivity index (χ1) is 15.3. The number of ketones is 1. The summed E-state index contributed by atoms with van der Waals surface area (Å²) in [5.74, 6) is 0.458. The Kier molecular flexibility index (Phi) is 7.36. The molecule has 0 aromatic heterocycles. The predicted molar refractivity (Wildman–Crippen MR) is 126 cm³/mol. The first-order valence-electron chi connectivity index (χ1n) is 11.0. The lowest BCUT2D eigenvalue weighted by Gasteiger charge is -2.35. The lowest BCUT2D eigenvalue weighted by molar-refractivity contribution is 0.0721. The molecule has 0 bridgehead atoms. The number of nitrogens with zero attached hydrogens (tertiary/aromatic N) is 1. The van der Waals surface area contributed by atoms with Crippen LogP contribution in [0.3, 0.4) is 0 Å². The zero-order chi connectivity index (χ0) is 23.3. The Morgan fingerprint density at radius 3 is 2.44 bits per heavy atom. The molecule has 6 heteroatoms. The number of nitrogens with one attached hydrogen (secondary N) is 1. The van der Waals surface area contributed by atoms with E-state index in [1.165, 1.54) is 0 Å². The molecule has 0 saturated heterocycles. The van der Waals surface area contributed by atoms with Gasteiger partial charge in [0.1, 0.15) is 5.75 Å². The van der Waals surface area contributed by atoms with Crippen molar-refractivity contribution in [3.05, 3.63) is 70.8 Å². The number of methoxy groups -OCH3 is 1. The van der Waals surface area contributed by atoms with Gasteiger partial charge in [-0.15, -0.1) is 0 Å². The van der Waals surface area contributed by atoms with Crippen LogP contribution in [0.25, 0.3) is 5.70 Å². The Labute approximate surface area is 189 Å². The third-order valence-corrected chi connectivity index (χ3v) is 5.56. The average Bonchev–Trinajstić information content (AvgIpc) is 2.77. The van der Waals surface area contributed by atoms with E-state index < -0.39 is 0 Å². The van der Waals surface area contributed by atoms with E-state index in [0.29, 0.717) is 24.2 Å². The van der Waals surface area contributed by atoms with Crippen LogP contribution in [0.15, 0.2) is 48.5 Å². The van der Waals surface area contributed by atoms with Gasteiger partial charge in [0.15, 0.2) is 5.78 Å². The second-order valence-electron chi connectivity index (χ2n) is 8.72. The largest absolute Gasteiger partial charge is 0.497 e. The van der Waals surface area contributed by atoms with E-state index in [1.54, 1.807) is 42.4 Å². The van der Waals surface area contributed by atoms with Crippen LogP contribution in [0.4, 0.5) is 0 Å². The molecule has 1 aliphatic rings. The van der Waals surface area contributed by atoms with Crippen LogP contribution in [0, 0.1) is 0 Å². The molecule has 0 spiro atoms. The predicted octanol–water partition coefficient (Wildman–Crippen LogP) is 3.69. The topological polar surface area (TPSA) is 78.9 Å². The van der Waals surface area contributed by atoms with Crippen molar-refractivity contribution in [2.24, 2.45) is 0 Å². The van der Waals surface area contributed by atoms with E-state index in [9.17, 15) is 14.7 Å². The molecule has 32 heavy (non-hydrogen) atoms. The van der Waals surface area contributed by atoms with Gasteiger partial charge in [-0.25, -0.2) is 0 Å². The van der Waals surface area contributed by atoms with Crippen molar-refractivity contribution in [1.82, 2.24) is 10.2 Å². The molecular weight excluding hydrogens is 404 g/mol. The maximum absolute atomic E-state index is 13.0. The molecule has 6 nitrogen and oxygen atoms in total. The van der Waals surface area contributed by atoms with Crippen molar-refractivity contribution in [3.63, 3.8) is 0 Å². The highest BCUT2D eigenvalue weighted by Crippen LogP contribution is 2.32. The van der Waals surface area contributed by atoms with Crippen LogP contribution in [0.2, 0.25) is 0 Å². The number of ether oxygens (including phenoxy) is 1. The number of carbonyl (C=O) groups excluding carboxylic acids is 2. The number of hydrogen-bond acceptors (Lipinski definition) is 5. The van der Waals surface area contributed by atoms with E-state index in [4.69, 9.17) is 4.74 Å². The van der Waals surface area contributed by atoms with Gasteiger partial charge in [-0.3, -0.25) is 9.59 Å². The van der Waals surface area contributed by atoms with Crippen LogP contribution in [-0.4, -0.2) is 54.0 Å². The van der Waals surface area contributed by atoms with Gasteiger partial charge in [-0.05, 0) is 56.5 Å². The van der Waals surface area contributed by atoms with Crippen molar-refractivity contribution in [1.29, 1.82) is 0 Å². The highest BCUT2D eigenvalue weighted by molar-refractivity contribution is 6.09. The maximum Gasteiger partial charge on any atom is 0.253 e. The monoisotopic (exact) mass is 436 g/mol. The Balaban J connectivity index is 1.86. The van der Waals surface area contributed by atoms with E-state index in [1.807, 2.05) is 25.1 Å². The molecule has 0 unspecified atom stereocenters. The summed E-state index contributed by atoms with van der Waals surface area (Å²) < 4.78 is 5.37. The quantitative estimate of drug-likeness (QED) is 0.487. The smallest absolute Gasteiger partial charge is 0.253 e. The number of amides is 1. The van der Waals surface area contributed by atoms with Gasteiger partial charge in [0.25, 0.3) is 5.91 Å². The minimum Gasteiger partial charge on any atom is -0.497 e. The minimum absolute atomic E-state index is 0.0779. The van der Waals surface area contributed by atoms with Gasteiger partial charge in [0.05, 0.1) is 13.7 Å². The summed E-state index contributed by atoms with van der Waals surface area (Å²) in [5.41, 5.74) is 3.71. The number of carbonyl (C=O) groups is 2. The van der Waals surface area contributed by atoms with Crippen LogP contribution in [-0.2, 0) is 6.42 Å². The van der Waals surface area contributed by atoms with Crippen LogP contribution >= 0.6 is 0 Å². The van der Waals surface area contributed by atoms with E-state index in [0.717, 1.165) is 35.4 Å².